The predicted molar refractivity (Wildman–Crippen MR) is 129 cm³/mol. The van der Waals surface area contributed by atoms with E-state index in [4.69, 9.17) is 9.47 Å². The van der Waals surface area contributed by atoms with Crippen molar-refractivity contribution in [3.05, 3.63) is 92.4 Å². The number of methoxy groups -OCH3 is 1. The molecule has 162 valence electrons. The maximum atomic E-state index is 12.8. The molecule has 0 unspecified atom stereocenters. The lowest BCUT2D eigenvalue weighted by Crippen LogP contribution is -2.35. The number of carbonyl (C=O) groups is 2. The van der Waals surface area contributed by atoms with Gasteiger partial charge in [-0.05, 0) is 69.5 Å². The third-order valence-electron chi connectivity index (χ3n) is 4.77. The summed E-state index contributed by atoms with van der Waals surface area (Å²) < 4.78 is 13.1. The van der Waals surface area contributed by atoms with Crippen molar-refractivity contribution >= 4 is 55.4 Å². The molecule has 32 heavy (non-hydrogen) atoms. The van der Waals surface area contributed by atoms with Crippen LogP contribution in [0.1, 0.15) is 11.1 Å². The molecule has 1 fully saturated rings. The lowest BCUT2D eigenvalue weighted by Gasteiger charge is -2.14. The molecule has 0 radical (unpaired) electrons. The summed E-state index contributed by atoms with van der Waals surface area (Å²) in [6.45, 7) is 0.357. The summed E-state index contributed by atoms with van der Waals surface area (Å²) in [5.41, 5.74) is 4.84. The first-order valence-corrected chi connectivity index (χ1v) is 11.2. The summed E-state index contributed by atoms with van der Waals surface area (Å²) in [6, 6.07) is 20.3. The quantitative estimate of drug-likeness (QED) is 0.331. The van der Waals surface area contributed by atoms with Gasteiger partial charge in [-0.2, -0.15) is 0 Å². The molecule has 1 aliphatic rings. The summed E-state index contributed by atoms with van der Waals surface area (Å²) in [4.78, 5) is 25.3. The molecule has 6 nitrogen and oxygen atoms in total. The number of carbonyl (C=O) groups excluding carboxylic acids is 2. The number of anilines is 1. The van der Waals surface area contributed by atoms with Gasteiger partial charge < -0.3 is 9.47 Å². The molecule has 0 bridgehead atoms. The van der Waals surface area contributed by atoms with E-state index in [0.717, 1.165) is 10.0 Å². The second-order valence-corrected chi connectivity index (χ2v) is 8.69. The van der Waals surface area contributed by atoms with Crippen molar-refractivity contribution in [2.24, 2.45) is 0 Å². The average molecular weight is 558 g/mol. The van der Waals surface area contributed by atoms with Crippen molar-refractivity contribution in [2.45, 2.75) is 6.61 Å². The third-order valence-corrected chi connectivity index (χ3v) is 5.88. The number of halogens is 2. The van der Waals surface area contributed by atoms with Crippen LogP contribution in [0.2, 0.25) is 0 Å². The van der Waals surface area contributed by atoms with Crippen LogP contribution >= 0.6 is 31.9 Å². The Bertz CT molecular complexity index is 1190. The molecule has 8 heteroatoms. The number of hydrogen-bond acceptors (Lipinski definition) is 4. The predicted octanol–water partition coefficient (Wildman–Crippen LogP) is 5.26. The fraction of sp³-hybridized carbons (Fsp3) is 0.0833. The van der Waals surface area contributed by atoms with E-state index in [-0.39, 0.29) is 5.57 Å². The van der Waals surface area contributed by atoms with Crippen molar-refractivity contribution in [1.82, 2.24) is 5.43 Å². The summed E-state index contributed by atoms with van der Waals surface area (Å²) >= 11 is 6.93. The Labute approximate surface area is 202 Å². The van der Waals surface area contributed by atoms with Gasteiger partial charge in [0.2, 0.25) is 0 Å². The number of rotatable bonds is 6. The minimum absolute atomic E-state index is 0.0336. The molecule has 0 saturated carbocycles. The zero-order valence-electron chi connectivity index (χ0n) is 17.0. The van der Waals surface area contributed by atoms with Crippen LogP contribution in [0.3, 0.4) is 0 Å². The second kappa shape index (κ2) is 9.58. The number of ether oxygens (including phenoxy) is 2. The largest absolute Gasteiger partial charge is 0.493 e. The zero-order valence-corrected chi connectivity index (χ0v) is 20.1. The van der Waals surface area contributed by atoms with Gasteiger partial charge in [-0.3, -0.25) is 15.0 Å². The highest BCUT2D eigenvalue weighted by Crippen LogP contribution is 2.38. The van der Waals surface area contributed by atoms with E-state index in [1.54, 1.807) is 36.4 Å². The van der Waals surface area contributed by atoms with Gasteiger partial charge in [-0.1, -0.05) is 46.3 Å². The molecule has 1 saturated heterocycles. The fourth-order valence-corrected chi connectivity index (χ4v) is 4.02. The summed E-state index contributed by atoms with van der Waals surface area (Å²) in [5.74, 6) is 0.121. The highest BCUT2D eigenvalue weighted by atomic mass is 79.9. The summed E-state index contributed by atoms with van der Waals surface area (Å²) in [5, 5.41) is 1.23. The molecule has 2 amide bonds. The van der Waals surface area contributed by atoms with E-state index in [1.807, 2.05) is 30.3 Å². The van der Waals surface area contributed by atoms with Crippen LogP contribution < -0.4 is 19.9 Å². The van der Waals surface area contributed by atoms with Crippen LogP contribution in [0, 0.1) is 0 Å². The lowest BCUT2D eigenvalue weighted by molar-refractivity contribution is -0.117. The number of nitrogens with zero attached hydrogens (tertiary/aromatic N) is 1. The third kappa shape index (κ3) is 4.71. The molecule has 3 aromatic carbocycles. The Hall–Kier alpha value is -3.10. The number of amides is 2. The van der Waals surface area contributed by atoms with Gasteiger partial charge in [0.15, 0.2) is 11.5 Å². The Morgan fingerprint density at radius 2 is 1.72 bits per heavy atom. The van der Waals surface area contributed by atoms with Crippen molar-refractivity contribution in [2.75, 3.05) is 12.1 Å². The summed E-state index contributed by atoms with van der Waals surface area (Å²) in [7, 11) is 1.54. The topological polar surface area (TPSA) is 67.9 Å². The van der Waals surface area contributed by atoms with E-state index in [2.05, 4.69) is 37.3 Å². The minimum atomic E-state index is -0.468. The van der Waals surface area contributed by atoms with Crippen molar-refractivity contribution in [1.29, 1.82) is 0 Å². The van der Waals surface area contributed by atoms with E-state index in [1.165, 1.54) is 18.2 Å². The van der Waals surface area contributed by atoms with E-state index >= 15 is 0 Å². The standard InChI is InChI=1S/C24H18Br2N2O4/c1-31-21-13-16(12-20(26)22(21)32-14-15-7-9-17(25)10-8-15)11-19-23(29)27-28(24(19)30)18-5-3-2-4-6-18/h2-13H,14H2,1H3,(H,27,29)/b19-11-. The number of para-hydroxylation sites is 1. The molecule has 1 N–H and O–H groups in total. The molecule has 0 aromatic heterocycles. The molecule has 0 spiro atoms. The molecule has 0 aliphatic carbocycles. The smallest absolute Gasteiger partial charge is 0.282 e. The first-order chi connectivity index (χ1) is 15.5. The van der Waals surface area contributed by atoms with Crippen molar-refractivity contribution < 1.29 is 19.1 Å². The van der Waals surface area contributed by atoms with Gasteiger partial charge >= 0.3 is 0 Å². The van der Waals surface area contributed by atoms with Gasteiger partial charge in [0.05, 0.1) is 17.3 Å². The van der Waals surface area contributed by atoms with Gasteiger partial charge in [0.25, 0.3) is 11.8 Å². The average Bonchev–Trinajstić information content (AvgIpc) is 3.08. The first-order valence-electron chi connectivity index (χ1n) is 9.63. The van der Waals surface area contributed by atoms with Crippen LogP contribution in [-0.4, -0.2) is 18.9 Å². The van der Waals surface area contributed by atoms with Crippen LogP contribution in [0.25, 0.3) is 6.08 Å². The van der Waals surface area contributed by atoms with E-state index in [9.17, 15) is 9.59 Å². The molecule has 0 atom stereocenters. The number of benzene rings is 3. The van der Waals surface area contributed by atoms with E-state index < -0.39 is 11.8 Å². The Morgan fingerprint density at radius 1 is 1.00 bits per heavy atom. The highest BCUT2D eigenvalue weighted by Gasteiger charge is 2.34. The van der Waals surface area contributed by atoms with Crippen LogP contribution in [0.4, 0.5) is 5.69 Å². The SMILES string of the molecule is COc1cc(/C=C2/C(=O)NN(c3ccccc3)C2=O)cc(Br)c1OCc1ccc(Br)cc1. The molecule has 1 aliphatic heterocycles. The minimum Gasteiger partial charge on any atom is -0.493 e. The van der Waals surface area contributed by atoms with Gasteiger partial charge in [-0.25, -0.2) is 5.01 Å². The van der Waals surface area contributed by atoms with Crippen molar-refractivity contribution in [3.8, 4) is 11.5 Å². The first kappa shape index (κ1) is 22.1. The van der Waals surface area contributed by atoms with Gasteiger partial charge in [0, 0.05) is 4.47 Å². The normalized spacial score (nSPS) is 14.6. The second-order valence-electron chi connectivity index (χ2n) is 6.92. The monoisotopic (exact) mass is 556 g/mol. The molecule has 1 heterocycles. The number of hydrogen-bond donors (Lipinski definition) is 1. The number of nitrogens with one attached hydrogen (secondary N) is 1. The number of hydrazine groups is 1. The lowest BCUT2D eigenvalue weighted by atomic mass is 10.1. The Balaban J connectivity index is 1.58. The van der Waals surface area contributed by atoms with Crippen LogP contribution in [-0.2, 0) is 16.2 Å². The highest BCUT2D eigenvalue weighted by molar-refractivity contribution is 9.10. The van der Waals surface area contributed by atoms with Crippen molar-refractivity contribution in [3.63, 3.8) is 0 Å². The van der Waals surface area contributed by atoms with Gasteiger partial charge in [-0.15, -0.1) is 0 Å². The molecular weight excluding hydrogens is 540 g/mol. The maximum Gasteiger partial charge on any atom is 0.282 e. The van der Waals surface area contributed by atoms with Crippen LogP contribution in [0.5, 0.6) is 11.5 Å². The Kier molecular flexibility index (Phi) is 6.62. The molecular formula is C24H18Br2N2O4. The maximum absolute atomic E-state index is 12.8. The zero-order chi connectivity index (χ0) is 22.7. The molecule has 4 rings (SSSR count). The van der Waals surface area contributed by atoms with E-state index in [0.29, 0.717) is 33.8 Å². The Morgan fingerprint density at radius 3 is 2.41 bits per heavy atom. The van der Waals surface area contributed by atoms with Crippen LogP contribution in [0.15, 0.2) is 81.2 Å². The fourth-order valence-electron chi connectivity index (χ4n) is 3.18. The molecule has 3 aromatic rings. The summed E-state index contributed by atoms with van der Waals surface area (Å²) in [6.07, 6.45) is 1.53. The van der Waals surface area contributed by atoms with Gasteiger partial charge in [0.1, 0.15) is 12.2 Å².